The van der Waals surface area contributed by atoms with Crippen molar-refractivity contribution in [2.24, 2.45) is 0 Å². The number of hydrogen-bond acceptors (Lipinski definition) is 3. The van der Waals surface area contributed by atoms with E-state index >= 15 is 0 Å². The number of piperidine rings is 1. The molecule has 0 N–H and O–H groups in total. The van der Waals surface area contributed by atoms with E-state index in [0.29, 0.717) is 0 Å². The number of carbonyl (C=O) groups is 1. The molecule has 0 bridgehead atoms. The topological polar surface area (TPSA) is 42.4 Å². The van der Waals surface area contributed by atoms with Crippen LogP contribution in [0.2, 0.25) is 0 Å². The molecule has 1 fully saturated rings. The fourth-order valence-corrected chi connectivity index (χ4v) is 2.52. The van der Waals surface area contributed by atoms with Gasteiger partial charge in [-0.2, -0.15) is 0 Å². The third kappa shape index (κ3) is 3.71. The molecule has 0 radical (unpaired) electrons. The highest BCUT2D eigenvalue weighted by atomic mass is 16.6. The smallest absolute Gasteiger partial charge is 0.410 e. The highest BCUT2D eigenvalue weighted by molar-refractivity contribution is 5.69. The first-order chi connectivity index (χ1) is 9.37. The summed E-state index contributed by atoms with van der Waals surface area (Å²) in [6.07, 6.45) is 4.69. The summed E-state index contributed by atoms with van der Waals surface area (Å²) in [5.74, 6) is 0. The SMILES string of the molecule is Cc1ccnc(C2CCCCN2C(=O)OC(C)(C)C)c1. The van der Waals surface area contributed by atoms with E-state index in [1.807, 2.05) is 44.9 Å². The van der Waals surface area contributed by atoms with Gasteiger partial charge in [0.25, 0.3) is 0 Å². The van der Waals surface area contributed by atoms with Gasteiger partial charge in [0.2, 0.25) is 0 Å². The van der Waals surface area contributed by atoms with Crippen LogP contribution in [0.4, 0.5) is 4.79 Å². The number of pyridine rings is 1. The van der Waals surface area contributed by atoms with Crippen LogP contribution in [0.3, 0.4) is 0 Å². The van der Waals surface area contributed by atoms with E-state index in [1.54, 1.807) is 0 Å². The lowest BCUT2D eigenvalue weighted by Gasteiger charge is -2.36. The minimum Gasteiger partial charge on any atom is -0.444 e. The zero-order valence-corrected chi connectivity index (χ0v) is 12.8. The second-order valence-electron chi connectivity index (χ2n) is 6.44. The van der Waals surface area contributed by atoms with Crippen LogP contribution in [0.15, 0.2) is 18.3 Å². The molecule has 2 rings (SSSR count). The van der Waals surface area contributed by atoms with Crippen LogP contribution in [0, 0.1) is 6.92 Å². The van der Waals surface area contributed by atoms with Crippen molar-refractivity contribution in [3.05, 3.63) is 29.6 Å². The molecule has 1 amide bonds. The summed E-state index contributed by atoms with van der Waals surface area (Å²) in [7, 11) is 0. The summed E-state index contributed by atoms with van der Waals surface area (Å²) < 4.78 is 5.52. The number of likely N-dealkylation sites (tertiary alicyclic amines) is 1. The van der Waals surface area contributed by atoms with Crippen molar-refractivity contribution in [1.29, 1.82) is 0 Å². The molecule has 0 aromatic carbocycles. The summed E-state index contributed by atoms with van der Waals surface area (Å²) in [4.78, 5) is 18.6. The molecule has 1 aliphatic rings. The number of ether oxygens (including phenoxy) is 1. The molecular weight excluding hydrogens is 252 g/mol. The molecular formula is C16H24N2O2. The Kier molecular flexibility index (Phi) is 4.31. The number of rotatable bonds is 1. The Hall–Kier alpha value is -1.58. The van der Waals surface area contributed by atoms with Crippen LogP contribution in [-0.2, 0) is 4.74 Å². The maximum absolute atomic E-state index is 12.4. The zero-order valence-electron chi connectivity index (χ0n) is 12.8. The number of amides is 1. The van der Waals surface area contributed by atoms with Gasteiger partial charge in [-0.15, -0.1) is 0 Å². The molecule has 1 aromatic heterocycles. The van der Waals surface area contributed by atoms with E-state index in [1.165, 1.54) is 5.56 Å². The number of aryl methyl sites for hydroxylation is 1. The van der Waals surface area contributed by atoms with Gasteiger partial charge in [0.15, 0.2) is 0 Å². The lowest BCUT2D eigenvalue weighted by Crippen LogP contribution is -2.42. The Bertz CT molecular complexity index is 480. The number of aromatic nitrogens is 1. The molecule has 0 aliphatic carbocycles. The summed E-state index contributed by atoms with van der Waals surface area (Å²) in [6, 6.07) is 4.08. The molecule has 0 saturated carbocycles. The van der Waals surface area contributed by atoms with Crippen molar-refractivity contribution in [3.63, 3.8) is 0 Å². The minimum absolute atomic E-state index is 0.0403. The maximum atomic E-state index is 12.4. The van der Waals surface area contributed by atoms with Gasteiger partial charge < -0.3 is 4.74 Å². The van der Waals surface area contributed by atoms with Gasteiger partial charge in [-0.1, -0.05) is 0 Å². The van der Waals surface area contributed by atoms with E-state index in [9.17, 15) is 4.79 Å². The monoisotopic (exact) mass is 276 g/mol. The first-order valence-electron chi connectivity index (χ1n) is 7.29. The van der Waals surface area contributed by atoms with Crippen LogP contribution in [0.25, 0.3) is 0 Å². The predicted molar refractivity (Wildman–Crippen MR) is 78.5 cm³/mol. The van der Waals surface area contributed by atoms with Gasteiger partial charge in [-0.3, -0.25) is 9.88 Å². The van der Waals surface area contributed by atoms with E-state index < -0.39 is 5.60 Å². The molecule has 110 valence electrons. The van der Waals surface area contributed by atoms with Crippen molar-refractivity contribution in [1.82, 2.24) is 9.88 Å². The van der Waals surface area contributed by atoms with Crippen LogP contribution in [-0.4, -0.2) is 28.1 Å². The Morgan fingerprint density at radius 3 is 2.80 bits per heavy atom. The van der Waals surface area contributed by atoms with Gasteiger partial charge in [-0.25, -0.2) is 4.79 Å². The molecule has 0 spiro atoms. The predicted octanol–water partition coefficient (Wildman–Crippen LogP) is 3.85. The third-order valence-corrected chi connectivity index (χ3v) is 3.41. The Morgan fingerprint density at radius 1 is 1.40 bits per heavy atom. The summed E-state index contributed by atoms with van der Waals surface area (Å²) in [6.45, 7) is 8.49. The second kappa shape index (κ2) is 5.81. The van der Waals surface area contributed by atoms with Gasteiger partial charge in [0, 0.05) is 12.7 Å². The van der Waals surface area contributed by atoms with Crippen LogP contribution in [0.5, 0.6) is 0 Å². The van der Waals surface area contributed by atoms with Gasteiger partial charge in [-0.05, 0) is 64.7 Å². The van der Waals surface area contributed by atoms with E-state index in [4.69, 9.17) is 4.74 Å². The molecule has 4 heteroatoms. The van der Waals surface area contributed by atoms with Crippen molar-refractivity contribution in [2.75, 3.05) is 6.54 Å². The van der Waals surface area contributed by atoms with Gasteiger partial charge in [0.1, 0.15) is 5.60 Å². The lowest BCUT2D eigenvalue weighted by atomic mass is 9.98. The molecule has 1 saturated heterocycles. The normalized spacial score (nSPS) is 19.8. The first kappa shape index (κ1) is 14.8. The molecule has 20 heavy (non-hydrogen) atoms. The van der Waals surface area contributed by atoms with Crippen LogP contribution >= 0.6 is 0 Å². The van der Waals surface area contributed by atoms with Crippen molar-refractivity contribution in [3.8, 4) is 0 Å². The molecule has 4 nitrogen and oxygen atoms in total. The summed E-state index contributed by atoms with van der Waals surface area (Å²) in [5.41, 5.74) is 1.68. The van der Waals surface area contributed by atoms with E-state index in [2.05, 4.69) is 11.1 Å². The number of nitrogens with zero attached hydrogens (tertiary/aromatic N) is 2. The Balaban J connectivity index is 2.19. The Labute approximate surface area is 121 Å². The van der Waals surface area contributed by atoms with E-state index in [-0.39, 0.29) is 12.1 Å². The quantitative estimate of drug-likeness (QED) is 0.782. The fraction of sp³-hybridized carbons (Fsp3) is 0.625. The fourth-order valence-electron chi connectivity index (χ4n) is 2.52. The summed E-state index contributed by atoms with van der Waals surface area (Å²) >= 11 is 0. The van der Waals surface area contributed by atoms with Crippen molar-refractivity contribution in [2.45, 2.75) is 58.6 Å². The third-order valence-electron chi connectivity index (χ3n) is 3.41. The first-order valence-corrected chi connectivity index (χ1v) is 7.29. The van der Waals surface area contributed by atoms with Gasteiger partial charge in [0.05, 0.1) is 11.7 Å². The van der Waals surface area contributed by atoms with Crippen molar-refractivity contribution >= 4 is 6.09 Å². The van der Waals surface area contributed by atoms with Gasteiger partial charge >= 0.3 is 6.09 Å². The minimum atomic E-state index is -0.459. The summed E-state index contributed by atoms with van der Waals surface area (Å²) in [5, 5.41) is 0. The maximum Gasteiger partial charge on any atom is 0.410 e. The molecule has 1 unspecified atom stereocenters. The molecule has 1 atom stereocenters. The van der Waals surface area contributed by atoms with Crippen molar-refractivity contribution < 1.29 is 9.53 Å². The average Bonchev–Trinajstić information content (AvgIpc) is 2.37. The average molecular weight is 276 g/mol. The van der Waals surface area contributed by atoms with Crippen LogP contribution in [0.1, 0.15) is 57.3 Å². The molecule has 2 heterocycles. The second-order valence-corrected chi connectivity index (χ2v) is 6.44. The number of hydrogen-bond donors (Lipinski definition) is 0. The number of carbonyl (C=O) groups excluding carboxylic acids is 1. The zero-order chi connectivity index (χ0) is 14.8. The highest BCUT2D eigenvalue weighted by Gasteiger charge is 2.32. The molecule has 1 aliphatic heterocycles. The molecule has 1 aromatic rings. The van der Waals surface area contributed by atoms with Crippen LogP contribution < -0.4 is 0 Å². The van der Waals surface area contributed by atoms with E-state index in [0.717, 1.165) is 31.5 Å². The standard InChI is InChI=1S/C16H24N2O2/c1-12-8-9-17-13(11-12)14-7-5-6-10-18(14)15(19)20-16(2,3)4/h8-9,11,14H,5-7,10H2,1-4H3. The largest absolute Gasteiger partial charge is 0.444 e. The Morgan fingerprint density at radius 2 is 2.15 bits per heavy atom. The highest BCUT2D eigenvalue weighted by Crippen LogP contribution is 2.31. The lowest BCUT2D eigenvalue weighted by molar-refractivity contribution is 0.00899.